The van der Waals surface area contributed by atoms with E-state index >= 15 is 0 Å². The Morgan fingerprint density at radius 3 is 2.44 bits per heavy atom. The average Bonchev–Trinajstić information content (AvgIpc) is 3.35. The molecular formula is C28H30F2N6O2S. The van der Waals surface area contributed by atoms with Crippen LogP contribution < -0.4 is 0 Å². The molecule has 0 N–H and O–H groups in total. The molecule has 39 heavy (non-hydrogen) atoms. The lowest BCUT2D eigenvalue weighted by atomic mass is 9.54. The van der Waals surface area contributed by atoms with Gasteiger partial charge in [0, 0.05) is 12.7 Å². The van der Waals surface area contributed by atoms with Gasteiger partial charge in [0.05, 0.1) is 33.8 Å². The minimum Gasteiger partial charge on any atom is -0.233 e. The summed E-state index contributed by atoms with van der Waals surface area (Å²) in [4.78, 5) is 9.19. The number of aryl methyl sites for hydroxylation is 1. The molecule has 0 radical (unpaired) electrons. The molecule has 3 aromatic heterocycles. The smallest absolute Gasteiger partial charge is 0.155 e. The first-order chi connectivity index (χ1) is 18.3. The molecule has 1 aliphatic carbocycles. The van der Waals surface area contributed by atoms with Gasteiger partial charge in [0.25, 0.3) is 0 Å². The Labute approximate surface area is 226 Å². The number of nitrogens with zero attached hydrogens (tertiary/aromatic N) is 6. The summed E-state index contributed by atoms with van der Waals surface area (Å²) in [5.74, 6) is -0.398. The van der Waals surface area contributed by atoms with Crippen molar-refractivity contribution in [2.75, 3.05) is 12.0 Å². The molecule has 3 heterocycles. The van der Waals surface area contributed by atoms with E-state index in [-0.39, 0.29) is 34.8 Å². The second kappa shape index (κ2) is 9.55. The maximum Gasteiger partial charge on any atom is 0.155 e. The summed E-state index contributed by atoms with van der Waals surface area (Å²) in [6.45, 7) is 8.47. The molecule has 0 saturated carbocycles. The van der Waals surface area contributed by atoms with Crippen LogP contribution in [0.1, 0.15) is 62.8 Å². The largest absolute Gasteiger partial charge is 0.233 e. The van der Waals surface area contributed by atoms with Gasteiger partial charge in [-0.15, -0.1) is 10.2 Å². The SMILES string of the molecule is C[C@@H]1CC(C)(C)[C@@](C)(c2cccc(-n3cnc(CCS(C)(=O)=O)n3)n2)c2nnc(-c3c(F)cccc3F)cc21. The molecule has 204 valence electrons. The van der Waals surface area contributed by atoms with Gasteiger partial charge >= 0.3 is 0 Å². The van der Waals surface area contributed by atoms with Gasteiger partial charge in [-0.25, -0.2) is 31.8 Å². The van der Waals surface area contributed by atoms with Crippen LogP contribution in [0.2, 0.25) is 0 Å². The van der Waals surface area contributed by atoms with E-state index in [1.165, 1.54) is 35.5 Å². The molecule has 1 aromatic carbocycles. The van der Waals surface area contributed by atoms with Crippen LogP contribution in [-0.2, 0) is 21.7 Å². The van der Waals surface area contributed by atoms with Gasteiger partial charge in [0.2, 0.25) is 0 Å². The van der Waals surface area contributed by atoms with Crippen molar-refractivity contribution in [3.8, 4) is 17.1 Å². The van der Waals surface area contributed by atoms with E-state index in [1.54, 1.807) is 12.1 Å². The van der Waals surface area contributed by atoms with Crippen LogP contribution in [0.3, 0.4) is 0 Å². The first kappa shape index (κ1) is 27.0. The minimum absolute atomic E-state index is 0.0385. The van der Waals surface area contributed by atoms with E-state index in [4.69, 9.17) is 4.98 Å². The fourth-order valence-electron chi connectivity index (χ4n) is 5.53. The number of fused-ring (bicyclic) bond motifs is 1. The summed E-state index contributed by atoms with van der Waals surface area (Å²) in [5, 5.41) is 13.3. The van der Waals surface area contributed by atoms with Crippen LogP contribution >= 0.6 is 0 Å². The lowest BCUT2D eigenvalue weighted by Crippen LogP contribution is -2.47. The second-order valence-corrected chi connectivity index (χ2v) is 13.4. The van der Waals surface area contributed by atoms with Crippen molar-refractivity contribution in [2.24, 2.45) is 5.41 Å². The lowest BCUT2D eigenvalue weighted by Gasteiger charge is -2.49. The van der Waals surface area contributed by atoms with Crippen molar-refractivity contribution in [2.45, 2.75) is 51.9 Å². The van der Waals surface area contributed by atoms with Crippen LogP contribution in [0, 0.1) is 17.0 Å². The first-order valence-corrected chi connectivity index (χ1v) is 14.7. The third kappa shape index (κ3) is 4.84. The van der Waals surface area contributed by atoms with Crippen molar-refractivity contribution in [3.05, 3.63) is 83.2 Å². The molecule has 0 unspecified atom stereocenters. The molecule has 2 atom stereocenters. The summed E-state index contributed by atoms with van der Waals surface area (Å²) in [7, 11) is -3.14. The summed E-state index contributed by atoms with van der Waals surface area (Å²) in [5.41, 5.74) is 1.31. The quantitative estimate of drug-likeness (QED) is 0.338. The van der Waals surface area contributed by atoms with Gasteiger partial charge in [-0.05, 0) is 60.6 Å². The first-order valence-electron chi connectivity index (χ1n) is 12.7. The maximum absolute atomic E-state index is 14.6. The Hall–Kier alpha value is -3.60. The van der Waals surface area contributed by atoms with Crippen molar-refractivity contribution in [1.82, 2.24) is 29.9 Å². The monoisotopic (exact) mass is 552 g/mol. The molecule has 0 amide bonds. The molecule has 0 aliphatic heterocycles. The van der Waals surface area contributed by atoms with Gasteiger partial charge in [0.1, 0.15) is 27.8 Å². The second-order valence-electron chi connectivity index (χ2n) is 11.1. The number of hydrogen-bond donors (Lipinski definition) is 0. The van der Waals surface area contributed by atoms with Gasteiger partial charge in [0.15, 0.2) is 11.6 Å². The summed E-state index contributed by atoms with van der Waals surface area (Å²) in [6.07, 6.45) is 3.69. The fraction of sp³-hybridized carbons (Fsp3) is 0.393. The number of rotatable bonds is 6. The van der Waals surface area contributed by atoms with Crippen molar-refractivity contribution >= 4 is 9.84 Å². The molecule has 11 heteroatoms. The zero-order valence-corrected chi connectivity index (χ0v) is 23.3. The summed E-state index contributed by atoms with van der Waals surface area (Å²) >= 11 is 0. The van der Waals surface area contributed by atoms with Crippen LogP contribution in [0.4, 0.5) is 8.78 Å². The molecular weight excluding hydrogens is 522 g/mol. The van der Waals surface area contributed by atoms with E-state index in [9.17, 15) is 17.2 Å². The zero-order valence-electron chi connectivity index (χ0n) is 22.5. The van der Waals surface area contributed by atoms with Gasteiger partial charge in [-0.1, -0.05) is 32.9 Å². The molecule has 1 aliphatic rings. The fourth-order valence-corrected chi connectivity index (χ4v) is 6.08. The van der Waals surface area contributed by atoms with E-state index in [0.29, 0.717) is 17.3 Å². The topological polar surface area (TPSA) is 104 Å². The third-order valence-corrected chi connectivity index (χ3v) is 8.88. The van der Waals surface area contributed by atoms with Crippen molar-refractivity contribution < 1.29 is 17.2 Å². The highest BCUT2D eigenvalue weighted by Crippen LogP contribution is 2.56. The predicted octanol–water partition coefficient (Wildman–Crippen LogP) is 4.82. The Kier molecular flexibility index (Phi) is 6.61. The number of benzene rings is 1. The Morgan fingerprint density at radius 1 is 1.05 bits per heavy atom. The van der Waals surface area contributed by atoms with Crippen LogP contribution in [0.15, 0.2) is 48.8 Å². The number of pyridine rings is 1. The van der Waals surface area contributed by atoms with Gasteiger partial charge in [-0.3, -0.25) is 0 Å². The normalized spacial score (nSPS) is 20.5. The van der Waals surface area contributed by atoms with Gasteiger partial charge in [-0.2, -0.15) is 5.10 Å². The van der Waals surface area contributed by atoms with Crippen molar-refractivity contribution in [3.63, 3.8) is 0 Å². The molecule has 4 aromatic rings. The van der Waals surface area contributed by atoms with E-state index < -0.39 is 26.9 Å². The highest BCUT2D eigenvalue weighted by molar-refractivity contribution is 7.90. The highest BCUT2D eigenvalue weighted by atomic mass is 32.2. The van der Waals surface area contributed by atoms with Crippen LogP contribution in [0.5, 0.6) is 0 Å². The molecule has 8 nitrogen and oxygen atoms in total. The zero-order chi connectivity index (χ0) is 28.2. The molecule has 0 bridgehead atoms. The third-order valence-electron chi connectivity index (χ3n) is 7.93. The van der Waals surface area contributed by atoms with Crippen molar-refractivity contribution in [1.29, 1.82) is 0 Å². The Bertz CT molecular complexity index is 1650. The highest BCUT2D eigenvalue weighted by Gasteiger charge is 2.52. The summed E-state index contributed by atoms with van der Waals surface area (Å²) in [6, 6.07) is 11.1. The molecule has 5 rings (SSSR count). The predicted molar refractivity (Wildman–Crippen MR) is 143 cm³/mol. The standard InChI is InChI=1S/C28H30F2N6O2S/c1-17-15-27(2,3)28(4,26-18(17)14-21(33-34-26)25-19(29)8-6-9-20(25)30)22-10-7-11-24(32-22)36-16-31-23(35-36)12-13-39(5,37)38/h6-11,14,16-17H,12-13,15H2,1-5H3/t17-,28+/m1/s1. The van der Waals surface area contributed by atoms with E-state index in [0.717, 1.165) is 17.7 Å². The Balaban J connectivity index is 1.58. The molecule has 0 saturated heterocycles. The lowest BCUT2D eigenvalue weighted by molar-refractivity contribution is 0.158. The number of aromatic nitrogens is 6. The van der Waals surface area contributed by atoms with Gasteiger partial charge < -0.3 is 0 Å². The number of sulfone groups is 1. The average molecular weight is 553 g/mol. The summed E-state index contributed by atoms with van der Waals surface area (Å²) < 4.78 is 53.7. The Morgan fingerprint density at radius 2 is 1.74 bits per heavy atom. The minimum atomic E-state index is -3.14. The van der Waals surface area contributed by atoms with E-state index in [1.807, 2.05) is 12.1 Å². The molecule has 0 fully saturated rings. The number of halogens is 2. The van der Waals surface area contributed by atoms with Crippen LogP contribution in [-0.4, -0.2) is 50.4 Å². The van der Waals surface area contributed by atoms with E-state index in [2.05, 4.69) is 48.0 Å². The maximum atomic E-state index is 14.6. The molecule has 0 spiro atoms. The van der Waals surface area contributed by atoms with Crippen LogP contribution in [0.25, 0.3) is 17.1 Å². The number of hydrogen-bond acceptors (Lipinski definition) is 7.